The van der Waals surface area contributed by atoms with Crippen LogP contribution >= 0.6 is 0 Å². The van der Waals surface area contributed by atoms with Crippen molar-refractivity contribution in [2.75, 3.05) is 17.2 Å². The predicted molar refractivity (Wildman–Crippen MR) is 129 cm³/mol. The van der Waals surface area contributed by atoms with Crippen LogP contribution in [0.5, 0.6) is 11.5 Å². The first-order valence-corrected chi connectivity index (χ1v) is 10.9. The molecule has 4 rings (SSSR count). The van der Waals surface area contributed by atoms with E-state index in [9.17, 15) is 27.6 Å². The molecule has 200 valence electrons. The summed E-state index contributed by atoms with van der Waals surface area (Å²) in [6, 6.07) is 10.8. The Labute approximate surface area is 217 Å². The predicted octanol–water partition coefficient (Wildman–Crippen LogP) is 3.76. The quantitative estimate of drug-likeness (QED) is 0.284. The number of urea groups is 1. The van der Waals surface area contributed by atoms with Crippen LogP contribution in [0.4, 0.5) is 29.3 Å². The van der Waals surface area contributed by atoms with Crippen LogP contribution in [0.3, 0.4) is 0 Å². The van der Waals surface area contributed by atoms with Gasteiger partial charge in [0, 0.05) is 18.0 Å². The van der Waals surface area contributed by atoms with Crippen LogP contribution in [0.15, 0.2) is 73.4 Å². The number of alkyl halides is 3. The van der Waals surface area contributed by atoms with Gasteiger partial charge in [0.2, 0.25) is 0 Å². The molecule has 0 fully saturated rings. The van der Waals surface area contributed by atoms with Gasteiger partial charge in [-0.2, -0.15) is 18.3 Å². The van der Waals surface area contributed by atoms with Gasteiger partial charge in [0.25, 0.3) is 5.91 Å². The van der Waals surface area contributed by atoms with Crippen molar-refractivity contribution in [1.29, 1.82) is 0 Å². The Morgan fingerprint density at radius 1 is 0.974 bits per heavy atom. The van der Waals surface area contributed by atoms with Crippen LogP contribution in [0.1, 0.15) is 16.1 Å². The van der Waals surface area contributed by atoms with Gasteiger partial charge in [0.05, 0.1) is 16.9 Å². The number of pyridine rings is 1. The Bertz CT molecular complexity index is 1490. The number of halogens is 3. The second-order valence-corrected chi connectivity index (χ2v) is 7.69. The highest BCUT2D eigenvalue weighted by Gasteiger charge is 2.31. The molecule has 2 aromatic carbocycles. The molecule has 39 heavy (non-hydrogen) atoms. The number of ether oxygens (including phenoxy) is 2. The van der Waals surface area contributed by atoms with E-state index in [1.165, 1.54) is 66.0 Å². The molecule has 0 radical (unpaired) electrons. The number of nitrogens with two attached hydrogens (primary N) is 1. The molecule has 0 saturated heterocycles. The van der Waals surface area contributed by atoms with Gasteiger partial charge < -0.3 is 25.8 Å². The van der Waals surface area contributed by atoms with Crippen molar-refractivity contribution in [2.45, 2.75) is 6.18 Å². The van der Waals surface area contributed by atoms with Crippen LogP contribution in [0.2, 0.25) is 0 Å². The molecule has 3 amide bonds. The van der Waals surface area contributed by atoms with E-state index >= 15 is 0 Å². The fourth-order valence-corrected chi connectivity index (χ4v) is 3.17. The molecule has 4 N–H and O–H groups in total. The molecule has 2 heterocycles. The summed E-state index contributed by atoms with van der Waals surface area (Å²) < 4.78 is 51.3. The number of carbonyl (C=O) groups is 3. The molecule has 12 nitrogen and oxygen atoms in total. The van der Waals surface area contributed by atoms with Crippen molar-refractivity contribution in [1.82, 2.24) is 19.7 Å². The summed E-state index contributed by atoms with van der Waals surface area (Å²) in [7, 11) is 0. The molecule has 0 saturated carbocycles. The van der Waals surface area contributed by atoms with Crippen molar-refractivity contribution in [2.24, 2.45) is 5.73 Å². The van der Waals surface area contributed by atoms with Crippen LogP contribution in [0.25, 0.3) is 5.69 Å². The topological polar surface area (TPSA) is 163 Å². The van der Waals surface area contributed by atoms with Gasteiger partial charge in [-0.1, -0.05) is 0 Å². The van der Waals surface area contributed by atoms with Gasteiger partial charge in [0.15, 0.2) is 12.3 Å². The molecule has 0 spiro atoms. The Kier molecular flexibility index (Phi) is 7.69. The Hall–Kier alpha value is -5.47. The number of aromatic nitrogens is 4. The molecule has 0 aliphatic carbocycles. The number of hydrogen-bond acceptors (Lipinski definition) is 8. The number of esters is 1. The molecule has 2 aromatic heterocycles. The third-order valence-corrected chi connectivity index (χ3v) is 4.87. The van der Waals surface area contributed by atoms with Gasteiger partial charge in [0.1, 0.15) is 24.2 Å². The summed E-state index contributed by atoms with van der Waals surface area (Å²) in [6.45, 7) is -0.594. The molecule has 0 bridgehead atoms. The third-order valence-electron chi connectivity index (χ3n) is 4.87. The van der Waals surface area contributed by atoms with E-state index in [1.807, 2.05) is 0 Å². The maximum atomic E-state index is 13.2. The van der Waals surface area contributed by atoms with E-state index in [-0.39, 0.29) is 22.8 Å². The first-order chi connectivity index (χ1) is 18.6. The van der Waals surface area contributed by atoms with E-state index in [2.05, 4.69) is 25.7 Å². The van der Waals surface area contributed by atoms with Gasteiger partial charge in [-0.3, -0.25) is 4.79 Å². The van der Waals surface area contributed by atoms with Crippen molar-refractivity contribution >= 4 is 29.3 Å². The van der Waals surface area contributed by atoms with Crippen LogP contribution in [-0.2, 0) is 15.7 Å². The fraction of sp³-hybridized carbons (Fsp3) is 0.0833. The third kappa shape index (κ3) is 7.06. The van der Waals surface area contributed by atoms with Crippen LogP contribution < -0.4 is 21.1 Å². The zero-order valence-corrected chi connectivity index (χ0v) is 19.7. The molecular weight excluding hydrogens is 523 g/mol. The summed E-state index contributed by atoms with van der Waals surface area (Å²) in [4.78, 5) is 42.9. The highest BCUT2D eigenvalue weighted by atomic mass is 19.4. The largest absolute Gasteiger partial charge is 0.457 e. The zero-order chi connectivity index (χ0) is 28.0. The normalized spacial score (nSPS) is 10.9. The Balaban J connectivity index is 1.42. The number of carbonyl (C=O) groups excluding carboxylic acids is 3. The molecule has 0 atom stereocenters. The van der Waals surface area contributed by atoms with Crippen molar-refractivity contribution in [3.05, 3.63) is 84.7 Å². The maximum absolute atomic E-state index is 13.2. The maximum Gasteiger partial charge on any atom is 0.416 e. The molecule has 4 aromatic rings. The summed E-state index contributed by atoms with van der Waals surface area (Å²) in [5.74, 6) is -1.12. The van der Waals surface area contributed by atoms with Gasteiger partial charge in [-0.05, 0) is 48.5 Å². The summed E-state index contributed by atoms with van der Waals surface area (Å²) in [6.07, 6.45) is -0.839. The first kappa shape index (κ1) is 26.6. The molecule has 0 aliphatic heterocycles. The number of rotatable bonds is 8. The smallest absolute Gasteiger partial charge is 0.416 e. The number of nitrogens with zero attached hydrogens (tertiary/aromatic N) is 4. The van der Waals surface area contributed by atoms with E-state index in [0.717, 1.165) is 12.1 Å². The second kappa shape index (κ2) is 11.3. The number of nitrogens with one attached hydrogen (secondary N) is 2. The number of anilines is 2. The van der Waals surface area contributed by atoms with Crippen molar-refractivity contribution in [3.63, 3.8) is 0 Å². The van der Waals surface area contributed by atoms with Gasteiger partial charge in [-0.15, -0.1) is 0 Å². The lowest BCUT2D eigenvalue weighted by molar-refractivity contribution is -0.137. The number of benzene rings is 2. The Morgan fingerprint density at radius 3 is 2.41 bits per heavy atom. The SMILES string of the molecule is NC(=O)COC(=O)c1cc(Oc2ccc(NC(=O)Nc3cc(C(F)(F)F)ccc3-n3cncn3)cc2)ccn1. The second-order valence-electron chi connectivity index (χ2n) is 7.69. The Morgan fingerprint density at radius 2 is 1.74 bits per heavy atom. The lowest BCUT2D eigenvalue weighted by Gasteiger charge is -2.15. The molecule has 0 aliphatic rings. The number of amides is 3. The minimum Gasteiger partial charge on any atom is -0.457 e. The van der Waals surface area contributed by atoms with Crippen molar-refractivity contribution < 1.29 is 37.0 Å². The summed E-state index contributed by atoms with van der Waals surface area (Å²) in [5, 5.41) is 8.81. The number of hydrogen-bond donors (Lipinski definition) is 3. The monoisotopic (exact) mass is 541 g/mol. The van der Waals surface area contributed by atoms with Crippen LogP contribution in [-0.4, -0.2) is 44.3 Å². The van der Waals surface area contributed by atoms with E-state index in [0.29, 0.717) is 11.4 Å². The van der Waals surface area contributed by atoms with Gasteiger partial charge in [-0.25, -0.2) is 24.2 Å². The standard InChI is InChI=1S/C24H18F3N7O5/c25-24(26,27)14-1-6-20(34-13-29-12-31-34)18(9-14)33-23(37)32-15-2-4-16(5-3-15)39-17-7-8-30-19(10-17)22(36)38-11-21(28)35/h1-10,12-13H,11H2,(H2,28,35)(H2,32,33,37). The molecule has 0 unspecified atom stereocenters. The average Bonchev–Trinajstić information content (AvgIpc) is 3.43. The first-order valence-electron chi connectivity index (χ1n) is 10.9. The highest BCUT2D eigenvalue weighted by molar-refractivity contribution is 6.01. The van der Waals surface area contributed by atoms with E-state index in [1.54, 1.807) is 0 Å². The summed E-state index contributed by atoms with van der Waals surface area (Å²) >= 11 is 0. The van der Waals surface area contributed by atoms with Crippen LogP contribution in [0, 0.1) is 0 Å². The average molecular weight is 541 g/mol. The molecular formula is C24H18F3N7O5. The summed E-state index contributed by atoms with van der Waals surface area (Å²) in [5.41, 5.74) is 4.22. The highest BCUT2D eigenvalue weighted by Crippen LogP contribution is 2.33. The van der Waals surface area contributed by atoms with E-state index in [4.69, 9.17) is 15.2 Å². The number of primary amides is 1. The fourth-order valence-electron chi connectivity index (χ4n) is 3.17. The molecule has 15 heteroatoms. The lowest BCUT2D eigenvalue weighted by Crippen LogP contribution is -2.21. The minimum absolute atomic E-state index is 0.108. The van der Waals surface area contributed by atoms with Gasteiger partial charge >= 0.3 is 18.2 Å². The zero-order valence-electron chi connectivity index (χ0n) is 19.7. The van der Waals surface area contributed by atoms with Crippen molar-refractivity contribution in [3.8, 4) is 17.2 Å². The van der Waals surface area contributed by atoms with E-state index < -0.39 is 36.3 Å². The minimum atomic E-state index is -4.62. The lowest BCUT2D eigenvalue weighted by atomic mass is 10.1.